The summed E-state index contributed by atoms with van der Waals surface area (Å²) < 4.78 is 5.81. The minimum Gasteiger partial charge on any atom is -0.491 e. The number of ether oxygens (including phenoxy) is 1. The van der Waals surface area contributed by atoms with Crippen LogP contribution in [0.5, 0.6) is 5.75 Å². The van der Waals surface area contributed by atoms with E-state index >= 15 is 0 Å². The van der Waals surface area contributed by atoms with Crippen molar-refractivity contribution in [3.63, 3.8) is 0 Å². The lowest BCUT2D eigenvalue weighted by molar-refractivity contribution is -0.122. The van der Waals surface area contributed by atoms with Crippen LogP contribution in [0.15, 0.2) is 42.5 Å². The smallest absolute Gasteiger partial charge is 0.235 e. The monoisotopic (exact) mass is 410 g/mol. The third-order valence-corrected chi connectivity index (χ3v) is 6.06. The van der Waals surface area contributed by atoms with E-state index in [0.29, 0.717) is 22.0 Å². The number of halogens is 1. The summed E-state index contributed by atoms with van der Waals surface area (Å²) in [4.78, 5) is 13.5. The molecule has 0 unspecified atom stereocenters. The van der Waals surface area contributed by atoms with Gasteiger partial charge in [-0.05, 0) is 56.0 Å². The van der Waals surface area contributed by atoms with E-state index in [9.17, 15) is 10.1 Å². The van der Waals surface area contributed by atoms with Crippen molar-refractivity contribution in [1.29, 1.82) is 5.26 Å². The molecule has 1 N–H and O–H groups in total. The third-order valence-electron chi connectivity index (χ3n) is 5.81. The number of nitrogens with one attached hydrogen (secondary N) is 1. The highest BCUT2D eigenvalue weighted by molar-refractivity contribution is 6.30. The van der Waals surface area contributed by atoms with Gasteiger partial charge in [-0.1, -0.05) is 49.9 Å². The zero-order valence-electron chi connectivity index (χ0n) is 17.0. The molecule has 1 amide bonds. The maximum Gasteiger partial charge on any atom is 0.235 e. The van der Waals surface area contributed by atoms with Crippen LogP contribution in [-0.4, -0.2) is 12.0 Å². The summed E-state index contributed by atoms with van der Waals surface area (Å²) in [5.74, 6) is 0.575. The maximum atomic E-state index is 13.5. The predicted octanol–water partition coefficient (Wildman–Crippen LogP) is 6.23. The van der Waals surface area contributed by atoms with Crippen molar-refractivity contribution in [3.8, 4) is 11.8 Å². The van der Waals surface area contributed by atoms with E-state index in [0.717, 1.165) is 44.1 Å². The molecule has 0 aliphatic heterocycles. The number of rotatable bonds is 6. The molecule has 3 rings (SSSR count). The first-order valence-electron chi connectivity index (χ1n) is 10.3. The highest BCUT2D eigenvalue weighted by atomic mass is 35.5. The highest BCUT2D eigenvalue weighted by Gasteiger charge is 2.41. The Labute approximate surface area is 177 Å². The van der Waals surface area contributed by atoms with E-state index in [1.807, 2.05) is 38.1 Å². The standard InChI is InChI=1S/C24H27ClN2O2/c1-3-17(2)29-21-11-12-22(18(15-21)16-26)27-23(28)24(13-5-4-6-14-24)19-7-9-20(25)10-8-19/h7-12,15,17H,3-6,13-14H2,1-2H3,(H,27,28)/t17-/m0/s1. The third kappa shape index (κ3) is 4.74. The van der Waals surface area contributed by atoms with Gasteiger partial charge in [0.25, 0.3) is 0 Å². The van der Waals surface area contributed by atoms with Gasteiger partial charge in [0.15, 0.2) is 0 Å². The SMILES string of the molecule is CC[C@H](C)Oc1ccc(NC(=O)C2(c3ccc(Cl)cc3)CCCCC2)c(C#N)c1. The second kappa shape index (κ2) is 9.33. The second-order valence-corrected chi connectivity index (χ2v) is 8.20. The minimum atomic E-state index is -0.596. The fourth-order valence-electron chi connectivity index (χ4n) is 3.93. The second-order valence-electron chi connectivity index (χ2n) is 7.76. The van der Waals surface area contributed by atoms with E-state index in [-0.39, 0.29) is 12.0 Å². The van der Waals surface area contributed by atoms with Crippen molar-refractivity contribution in [2.24, 2.45) is 0 Å². The Morgan fingerprint density at radius 3 is 2.52 bits per heavy atom. The number of amides is 1. The van der Waals surface area contributed by atoms with Crippen LogP contribution in [0.4, 0.5) is 5.69 Å². The average Bonchev–Trinajstić information content (AvgIpc) is 2.75. The van der Waals surface area contributed by atoms with Crippen LogP contribution in [-0.2, 0) is 10.2 Å². The Kier molecular flexibility index (Phi) is 6.82. The Morgan fingerprint density at radius 1 is 1.21 bits per heavy atom. The first kappa shape index (κ1) is 21.2. The van der Waals surface area contributed by atoms with Gasteiger partial charge in [-0.25, -0.2) is 0 Å². The number of anilines is 1. The van der Waals surface area contributed by atoms with Crippen LogP contribution in [0.1, 0.15) is 63.5 Å². The van der Waals surface area contributed by atoms with E-state index < -0.39 is 5.41 Å². The first-order chi connectivity index (χ1) is 14.0. The Bertz CT molecular complexity index is 896. The lowest BCUT2D eigenvalue weighted by Crippen LogP contribution is -2.42. The van der Waals surface area contributed by atoms with Crippen LogP contribution in [0.2, 0.25) is 5.02 Å². The largest absolute Gasteiger partial charge is 0.491 e. The van der Waals surface area contributed by atoms with Gasteiger partial charge in [-0.2, -0.15) is 5.26 Å². The van der Waals surface area contributed by atoms with Crippen LogP contribution in [0, 0.1) is 11.3 Å². The lowest BCUT2D eigenvalue weighted by Gasteiger charge is -2.36. The van der Waals surface area contributed by atoms with Crippen molar-refractivity contribution >= 4 is 23.2 Å². The van der Waals surface area contributed by atoms with Crippen molar-refractivity contribution in [2.45, 2.75) is 63.9 Å². The molecule has 1 saturated carbocycles. The van der Waals surface area contributed by atoms with Gasteiger partial charge in [-0.3, -0.25) is 4.79 Å². The molecule has 1 fully saturated rings. The molecule has 5 heteroatoms. The summed E-state index contributed by atoms with van der Waals surface area (Å²) in [5.41, 5.74) is 1.31. The van der Waals surface area contributed by atoms with E-state index in [4.69, 9.17) is 16.3 Å². The molecule has 2 aromatic rings. The fourth-order valence-corrected chi connectivity index (χ4v) is 4.05. The number of benzene rings is 2. The molecule has 4 nitrogen and oxygen atoms in total. The zero-order chi connectivity index (χ0) is 20.9. The van der Waals surface area contributed by atoms with Gasteiger partial charge in [-0.15, -0.1) is 0 Å². The van der Waals surface area contributed by atoms with Gasteiger partial charge in [0.05, 0.1) is 22.8 Å². The van der Waals surface area contributed by atoms with E-state index in [1.54, 1.807) is 18.2 Å². The average molecular weight is 411 g/mol. The first-order valence-corrected chi connectivity index (χ1v) is 10.6. The van der Waals surface area contributed by atoms with E-state index in [1.165, 1.54) is 0 Å². The lowest BCUT2D eigenvalue weighted by atomic mass is 9.68. The van der Waals surface area contributed by atoms with Crippen molar-refractivity contribution in [2.75, 3.05) is 5.32 Å². The number of nitriles is 1. The summed E-state index contributed by atoms with van der Waals surface area (Å²) in [7, 11) is 0. The molecular weight excluding hydrogens is 384 g/mol. The van der Waals surface area contributed by atoms with Crippen molar-refractivity contribution in [3.05, 3.63) is 58.6 Å². The highest BCUT2D eigenvalue weighted by Crippen LogP contribution is 2.41. The van der Waals surface area contributed by atoms with Gasteiger partial charge >= 0.3 is 0 Å². The number of hydrogen-bond donors (Lipinski definition) is 1. The molecule has 1 aliphatic carbocycles. The normalized spacial score (nSPS) is 16.5. The molecule has 0 radical (unpaired) electrons. The molecule has 1 atom stereocenters. The summed E-state index contributed by atoms with van der Waals surface area (Å²) in [6, 6.07) is 15.0. The van der Waals surface area contributed by atoms with Gasteiger partial charge in [0, 0.05) is 11.1 Å². The van der Waals surface area contributed by atoms with Gasteiger partial charge in [0.1, 0.15) is 11.8 Å². The molecule has 29 heavy (non-hydrogen) atoms. The van der Waals surface area contributed by atoms with Crippen LogP contribution >= 0.6 is 11.6 Å². The number of carbonyl (C=O) groups excluding carboxylic acids is 1. The molecule has 0 heterocycles. The maximum absolute atomic E-state index is 13.5. The summed E-state index contributed by atoms with van der Waals surface area (Å²) in [6.45, 7) is 4.03. The summed E-state index contributed by atoms with van der Waals surface area (Å²) in [5, 5.41) is 13.3. The Balaban J connectivity index is 1.88. The fraction of sp³-hybridized carbons (Fsp3) is 0.417. The molecule has 152 valence electrons. The van der Waals surface area contributed by atoms with E-state index in [2.05, 4.69) is 11.4 Å². The number of nitrogens with zero attached hydrogens (tertiary/aromatic N) is 1. The topological polar surface area (TPSA) is 62.1 Å². The molecule has 1 aliphatic rings. The number of carbonyl (C=O) groups is 1. The molecule has 0 spiro atoms. The molecular formula is C24H27ClN2O2. The summed E-state index contributed by atoms with van der Waals surface area (Å²) in [6.07, 6.45) is 5.66. The quantitative estimate of drug-likeness (QED) is 0.613. The molecule has 0 saturated heterocycles. The number of hydrogen-bond acceptors (Lipinski definition) is 3. The minimum absolute atomic E-state index is 0.0633. The van der Waals surface area contributed by atoms with Crippen LogP contribution in [0.25, 0.3) is 0 Å². The van der Waals surface area contributed by atoms with Crippen LogP contribution < -0.4 is 10.1 Å². The van der Waals surface area contributed by atoms with Gasteiger partial charge < -0.3 is 10.1 Å². The molecule has 0 aromatic heterocycles. The predicted molar refractivity (Wildman–Crippen MR) is 116 cm³/mol. The Hall–Kier alpha value is -2.51. The van der Waals surface area contributed by atoms with Crippen molar-refractivity contribution in [1.82, 2.24) is 0 Å². The molecule has 2 aromatic carbocycles. The zero-order valence-corrected chi connectivity index (χ0v) is 17.8. The summed E-state index contributed by atoms with van der Waals surface area (Å²) >= 11 is 6.06. The Morgan fingerprint density at radius 2 is 1.90 bits per heavy atom. The molecule has 0 bridgehead atoms. The van der Waals surface area contributed by atoms with Gasteiger partial charge in [0.2, 0.25) is 5.91 Å². The van der Waals surface area contributed by atoms with Crippen molar-refractivity contribution < 1.29 is 9.53 Å². The van der Waals surface area contributed by atoms with Crippen LogP contribution in [0.3, 0.4) is 0 Å².